The van der Waals surface area contributed by atoms with Gasteiger partial charge in [-0.05, 0) is 78.9 Å². The Morgan fingerprint density at radius 1 is 1.20 bits per heavy atom. The van der Waals surface area contributed by atoms with Gasteiger partial charge in [-0.2, -0.15) is 0 Å². The summed E-state index contributed by atoms with van der Waals surface area (Å²) in [6.07, 6.45) is 0.699. The first-order valence-electron chi connectivity index (χ1n) is 11.6. The molecule has 0 spiro atoms. The number of hydrogen-bond acceptors (Lipinski definition) is 5. The third-order valence-corrected chi connectivity index (χ3v) is 7.00. The van der Waals surface area contributed by atoms with Crippen LogP contribution in [0.2, 0.25) is 5.02 Å². The van der Waals surface area contributed by atoms with Crippen LogP contribution in [-0.4, -0.2) is 36.5 Å². The Morgan fingerprint density at radius 2 is 2.00 bits per heavy atom. The quantitative estimate of drug-likeness (QED) is 0.474. The van der Waals surface area contributed by atoms with E-state index in [0.29, 0.717) is 35.8 Å². The Balaban J connectivity index is 1.42. The fourth-order valence-electron chi connectivity index (χ4n) is 5.04. The monoisotopic (exact) mass is 490 g/mol. The van der Waals surface area contributed by atoms with Crippen LogP contribution in [0.15, 0.2) is 54.6 Å². The highest BCUT2D eigenvalue weighted by atomic mass is 35.5. The second kappa shape index (κ2) is 9.27. The van der Waals surface area contributed by atoms with Crippen molar-refractivity contribution in [3.63, 3.8) is 0 Å². The number of methoxy groups -OCH3 is 1. The van der Waals surface area contributed by atoms with Crippen molar-refractivity contribution in [1.29, 1.82) is 0 Å². The zero-order valence-electron chi connectivity index (χ0n) is 19.9. The number of fused-ring (bicyclic) bond motifs is 2. The van der Waals surface area contributed by atoms with E-state index >= 15 is 0 Å². The Morgan fingerprint density at radius 3 is 2.80 bits per heavy atom. The smallest absolute Gasteiger partial charge is 0.339 e. The molecule has 1 N–H and O–H groups in total. The number of benzene rings is 3. The average Bonchev–Trinajstić information content (AvgIpc) is 3.19. The van der Waals surface area contributed by atoms with Crippen LogP contribution in [0.5, 0.6) is 5.75 Å². The number of anilines is 1. The molecule has 7 heteroatoms. The number of hydrogen-bond donors (Lipinski definition) is 1. The Hall–Kier alpha value is -3.51. The lowest BCUT2D eigenvalue weighted by Gasteiger charge is -2.32. The molecule has 1 amide bonds. The fraction of sp³-hybridized carbons (Fsp3) is 0.286. The second-order valence-corrected chi connectivity index (χ2v) is 9.57. The number of halogens is 1. The number of aryl methyl sites for hydroxylation is 1. The molecule has 0 saturated heterocycles. The lowest BCUT2D eigenvalue weighted by Crippen LogP contribution is -2.43. The van der Waals surface area contributed by atoms with Crippen molar-refractivity contribution in [3.05, 3.63) is 93.0 Å². The van der Waals surface area contributed by atoms with E-state index < -0.39 is 5.97 Å². The van der Waals surface area contributed by atoms with Crippen molar-refractivity contribution >= 4 is 29.2 Å². The van der Waals surface area contributed by atoms with Gasteiger partial charge in [-0.15, -0.1) is 0 Å². The van der Waals surface area contributed by atoms with Gasteiger partial charge in [0.25, 0.3) is 5.91 Å². The highest BCUT2D eigenvalue weighted by molar-refractivity contribution is 6.30. The van der Waals surface area contributed by atoms with Crippen LogP contribution < -0.4 is 10.1 Å². The van der Waals surface area contributed by atoms with Crippen LogP contribution in [0.1, 0.15) is 55.9 Å². The van der Waals surface area contributed by atoms with E-state index in [1.807, 2.05) is 55.1 Å². The number of ether oxygens (including phenoxy) is 2. The van der Waals surface area contributed by atoms with Gasteiger partial charge in [-0.25, -0.2) is 4.79 Å². The number of para-hydroxylation sites is 1. The van der Waals surface area contributed by atoms with Gasteiger partial charge in [0.05, 0.1) is 18.7 Å². The maximum atomic E-state index is 13.5. The zero-order chi connectivity index (χ0) is 24.7. The molecule has 6 nitrogen and oxygen atoms in total. The fourth-order valence-corrected chi connectivity index (χ4v) is 5.24. The molecule has 2 aliphatic rings. The first-order chi connectivity index (χ1) is 16.9. The first-order valence-corrected chi connectivity index (χ1v) is 12.0. The summed E-state index contributed by atoms with van der Waals surface area (Å²) >= 11 is 6.19. The number of carbonyl (C=O) groups is 2. The zero-order valence-corrected chi connectivity index (χ0v) is 20.7. The molecule has 0 aromatic heterocycles. The van der Waals surface area contributed by atoms with Crippen LogP contribution >= 0.6 is 11.6 Å². The molecule has 3 aromatic carbocycles. The number of rotatable bonds is 5. The molecule has 3 aromatic rings. The van der Waals surface area contributed by atoms with Crippen molar-refractivity contribution in [3.8, 4) is 5.75 Å². The van der Waals surface area contributed by atoms with Crippen molar-refractivity contribution in [2.75, 3.05) is 19.0 Å². The number of nitrogens with zero attached hydrogens (tertiary/aromatic N) is 1. The summed E-state index contributed by atoms with van der Waals surface area (Å²) in [6.45, 7) is 5.00. The summed E-state index contributed by atoms with van der Waals surface area (Å²) in [5, 5.41) is 4.12. The summed E-state index contributed by atoms with van der Waals surface area (Å²) in [5.41, 5.74) is 5.97. The Labute approximate surface area is 209 Å². The van der Waals surface area contributed by atoms with Crippen LogP contribution in [-0.2, 0) is 17.7 Å². The van der Waals surface area contributed by atoms with E-state index in [0.717, 1.165) is 33.6 Å². The van der Waals surface area contributed by atoms with E-state index in [1.165, 1.54) is 7.11 Å². The Bertz CT molecular complexity index is 1320. The minimum Gasteiger partial charge on any atom is -0.491 e. The van der Waals surface area contributed by atoms with E-state index in [4.69, 9.17) is 21.1 Å². The molecule has 0 radical (unpaired) electrons. The molecule has 5 rings (SSSR count). The van der Waals surface area contributed by atoms with Gasteiger partial charge < -0.3 is 19.7 Å². The molecule has 2 unspecified atom stereocenters. The number of esters is 1. The minimum absolute atomic E-state index is 0.0196. The molecule has 2 atom stereocenters. The van der Waals surface area contributed by atoms with E-state index in [9.17, 15) is 9.59 Å². The maximum absolute atomic E-state index is 13.5. The normalized spacial score (nSPS) is 17.3. The predicted molar refractivity (Wildman–Crippen MR) is 135 cm³/mol. The Kier molecular flexibility index (Phi) is 6.15. The second-order valence-electron chi connectivity index (χ2n) is 9.14. The standard InChI is InChI=1S/C28H27ClN2O4/c1-16-10-22(17(2)30-25-7-5-4-6-21(25)28(33)34-3)24-14-31(27(32)23(24)11-16)20-13-18-12-19(29)8-9-26(18)35-15-20/h4-12,17,20,30H,13-15H2,1-3H3. The molecule has 2 aliphatic heterocycles. The third-order valence-electron chi connectivity index (χ3n) is 6.77. The highest BCUT2D eigenvalue weighted by Gasteiger charge is 2.37. The molecule has 0 saturated carbocycles. The van der Waals surface area contributed by atoms with Gasteiger partial charge >= 0.3 is 5.97 Å². The average molecular weight is 491 g/mol. The lowest BCUT2D eigenvalue weighted by molar-refractivity contribution is 0.0598. The van der Waals surface area contributed by atoms with Crippen LogP contribution in [0.25, 0.3) is 0 Å². The molecule has 0 fully saturated rings. The number of carbonyl (C=O) groups excluding carboxylic acids is 2. The molecular weight excluding hydrogens is 464 g/mol. The molecule has 0 bridgehead atoms. The first kappa shape index (κ1) is 23.2. The molecule has 2 heterocycles. The van der Waals surface area contributed by atoms with Gasteiger partial charge in [0.1, 0.15) is 12.4 Å². The topological polar surface area (TPSA) is 67.9 Å². The van der Waals surface area contributed by atoms with Crippen molar-refractivity contribution < 1.29 is 19.1 Å². The van der Waals surface area contributed by atoms with Crippen LogP contribution in [0.4, 0.5) is 5.69 Å². The molecule has 180 valence electrons. The van der Waals surface area contributed by atoms with Crippen molar-refractivity contribution in [2.45, 2.75) is 38.9 Å². The number of amides is 1. The molecular formula is C28H27ClN2O4. The largest absolute Gasteiger partial charge is 0.491 e. The number of nitrogens with one attached hydrogen (secondary N) is 1. The van der Waals surface area contributed by atoms with Crippen molar-refractivity contribution in [1.82, 2.24) is 4.90 Å². The highest BCUT2D eigenvalue weighted by Crippen LogP contribution is 2.36. The SMILES string of the molecule is COC(=O)c1ccccc1NC(C)c1cc(C)cc2c1CN(C1COc3ccc(Cl)cc3C1)C2=O. The summed E-state index contributed by atoms with van der Waals surface area (Å²) in [5.74, 6) is 0.452. The third kappa shape index (κ3) is 4.34. The van der Waals surface area contributed by atoms with Gasteiger partial charge in [-0.1, -0.05) is 29.8 Å². The minimum atomic E-state index is -0.395. The van der Waals surface area contributed by atoms with E-state index in [2.05, 4.69) is 11.4 Å². The van der Waals surface area contributed by atoms with Gasteiger partial charge in [0, 0.05) is 28.9 Å². The molecule has 35 heavy (non-hydrogen) atoms. The maximum Gasteiger partial charge on any atom is 0.339 e. The van der Waals surface area contributed by atoms with Crippen LogP contribution in [0.3, 0.4) is 0 Å². The molecule has 0 aliphatic carbocycles. The summed E-state index contributed by atoms with van der Waals surface area (Å²) in [4.78, 5) is 27.6. The lowest BCUT2D eigenvalue weighted by atomic mass is 9.95. The van der Waals surface area contributed by atoms with Gasteiger partial charge in [0.2, 0.25) is 0 Å². The van der Waals surface area contributed by atoms with Gasteiger partial charge in [0.15, 0.2) is 0 Å². The van der Waals surface area contributed by atoms with Crippen LogP contribution in [0, 0.1) is 6.92 Å². The summed E-state index contributed by atoms with van der Waals surface area (Å²) in [6, 6.07) is 16.8. The van der Waals surface area contributed by atoms with E-state index in [-0.39, 0.29) is 18.0 Å². The summed E-state index contributed by atoms with van der Waals surface area (Å²) < 4.78 is 10.9. The summed E-state index contributed by atoms with van der Waals surface area (Å²) in [7, 11) is 1.37. The van der Waals surface area contributed by atoms with Gasteiger partial charge in [-0.3, -0.25) is 4.79 Å². The predicted octanol–water partition coefficient (Wildman–Crippen LogP) is 5.57. The van der Waals surface area contributed by atoms with E-state index in [1.54, 1.807) is 12.1 Å². The van der Waals surface area contributed by atoms with Crippen molar-refractivity contribution in [2.24, 2.45) is 0 Å².